The van der Waals surface area contributed by atoms with E-state index in [4.69, 9.17) is 4.98 Å². The summed E-state index contributed by atoms with van der Waals surface area (Å²) in [5.41, 5.74) is 5.26. The Morgan fingerprint density at radius 1 is 0.938 bits per heavy atom. The molecule has 2 aromatic carbocycles. The minimum atomic E-state index is -0.202. The molecule has 3 heterocycles. The first-order chi connectivity index (χ1) is 15.6. The molecule has 0 bridgehead atoms. The number of benzene rings is 2. The van der Waals surface area contributed by atoms with Gasteiger partial charge in [0, 0.05) is 28.7 Å². The molecule has 6 nitrogen and oxygen atoms in total. The van der Waals surface area contributed by atoms with Gasteiger partial charge in [-0.2, -0.15) is 9.78 Å². The van der Waals surface area contributed by atoms with Crippen LogP contribution in [0.25, 0.3) is 28.0 Å². The molecule has 0 aliphatic rings. The summed E-state index contributed by atoms with van der Waals surface area (Å²) in [6.07, 6.45) is 5.30. The highest BCUT2D eigenvalue weighted by atomic mass is 16.1. The third-order valence-corrected chi connectivity index (χ3v) is 5.47. The van der Waals surface area contributed by atoms with Crippen LogP contribution < -0.4 is 5.56 Å². The smallest absolute Gasteiger partial charge is 0.282 e. The average molecular weight is 419 g/mol. The molecule has 0 fully saturated rings. The molecular weight excluding hydrogens is 398 g/mol. The Labute approximate surface area is 185 Å². The standard InChI is InChI=1S/C26H21N5O/c1-18-15-21(19(2)30(18)22-11-8-14-27-17-22)16-28-31-25(20-9-4-3-5-10-20)29-24-13-7-6-12-23(24)26(31)32/h3-17H,1-2H3. The summed E-state index contributed by atoms with van der Waals surface area (Å²) in [5, 5.41) is 5.13. The van der Waals surface area contributed by atoms with Gasteiger partial charge < -0.3 is 4.57 Å². The summed E-state index contributed by atoms with van der Waals surface area (Å²) in [6, 6.07) is 22.9. The van der Waals surface area contributed by atoms with Gasteiger partial charge in [-0.1, -0.05) is 42.5 Å². The fourth-order valence-electron chi connectivity index (χ4n) is 3.93. The van der Waals surface area contributed by atoms with E-state index >= 15 is 0 Å². The van der Waals surface area contributed by atoms with Gasteiger partial charge in [-0.25, -0.2) is 4.98 Å². The average Bonchev–Trinajstić information content (AvgIpc) is 3.12. The van der Waals surface area contributed by atoms with E-state index in [9.17, 15) is 4.79 Å². The molecule has 0 atom stereocenters. The number of nitrogens with zero attached hydrogens (tertiary/aromatic N) is 5. The van der Waals surface area contributed by atoms with E-state index in [0.717, 1.165) is 28.2 Å². The number of hydrogen-bond donors (Lipinski definition) is 0. The van der Waals surface area contributed by atoms with Crippen LogP contribution in [0.15, 0.2) is 95.1 Å². The molecule has 3 aromatic heterocycles. The Bertz CT molecular complexity index is 1500. The van der Waals surface area contributed by atoms with E-state index in [2.05, 4.69) is 14.7 Å². The lowest BCUT2D eigenvalue weighted by Crippen LogP contribution is -2.20. The van der Waals surface area contributed by atoms with Crippen molar-refractivity contribution in [2.45, 2.75) is 13.8 Å². The third-order valence-electron chi connectivity index (χ3n) is 5.47. The first-order valence-electron chi connectivity index (χ1n) is 10.3. The zero-order valence-corrected chi connectivity index (χ0v) is 17.8. The molecule has 156 valence electrons. The van der Waals surface area contributed by atoms with Crippen molar-refractivity contribution in [3.63, 3.8) is 0 Å². The van der Waals surface area contributed by atoms with Crippen LogP contribution in [-0.2, 0) is 0 Å². The zero-order chi connectivity index (χ0) is 22.1. The van der Waals surface area contributed by atoms with Gasteiger partial charge in [-0.3, -0.25) is 9.78 Å². The largest absolute Gasteiger partial charge is 0.316 e. The topological polar surface area (TPSA) is 65.1 Å². The van der Waals surface area contributed by atoms with Crippen LogP contribution in [-0.4, -0.2) is 25.4 Å². The molecule has 0 saturated carbocycles. The van der Waals surface area contributed by atoms with Gasteiger partial charge in [0.1, 0.15) is 0 Å². The summed E-state index contributed by atoms with van der Waals surface area (Å²) >= 11 is 0. The van der Waals surface area contributed by atoms with Gasteiger partial charge in [0.25, 0.3) is 5.56 Å². The quantitative estimate of drug-likeness (QED) is 0.395. The minimum Gasteiger partial charge on any atom is -0.316 e. The minimum absolute atomic E-state index is 0.202. The maximum Gasteiger partial charge on any atom is 0.282 e. The summed E-state index contributed by atoms with van der Waals surface area (Å²) in [6.45, 7) is 4.07. The number of aryl methyl sites for hydroxylation is 1. The summed E-state index contributed by atoms with van der Waals surface area (Å²) in [5.74, 6) is 0.506. The summed E-state index contributed by atoms with van der Waals surface area (Å²) in [7, 11) is 0. The van der Waals surface area contributed by atoms with Gasteiger partial charge in [0.15, 0.2) is 5.82 Å². The van der Waals surface area contributed by atoms with Crippen LogP contribution in [0.3, 0.4) is 0 Å². The molecule has 0 aliphatic carbocycles. The van der Waals surface area contributed by atoms with Gasteiger partial charge in [-0.15, -0.1) is 0 Å². The van der Waals surface area contributed by atoms with Crippen molar-refractivity contribution in [2.24, 2.45) is 5.10 Å². The van der Waals surface area contributed by atoms with Crippen molar-refractivity contribution < 1.29 is 0 Å². The number of hydrogen-bond acceptors (Lipinski definition) is 4. The maximum absolute atomic E-state index is 13.3. The fourth-order valence-corrected chi connectivity index (χ4v) is 3.93. The monoisotopic (exact) mass is 419 g/mol. The van der Waals surface area contributed by atoms with Gasteiger partial charge in [0.2, 0.25) is 0 Å². The van der Waals surface area contributed by atoms with E-state index in [1.807, 2.05) is 86.8 Å². The van der Waals surface area contributed by atoms with Crippen LogP contribution in [0, 0.1) is 13.8 Å². The van der Waals surface area contributed by atoms with Gasteiger partial charge in [-0.05, 0) is 44.2 Å². The predicted octanol–water partition coefficient (Wildman–Crippen LogP) is 4.75. The predicted molar refractivity (Wildman–Crippen MR) is 127 cm³/mol. The first kappa shape index (κ1) is 19.6. The van der Waals surface area contributed by atoms with E-state index in [-0.39, 0.29) is 5.56 Å². The zero-order valence-electron chi connectivity index (χ0n) is 17.8. The molecule has 5 rings (SSSR count). The molecule has 0 spiro atoms. The lowest BCUT2D eigenvalue weighted by molar-refractivity contribution is 0.829. The molecular formula is C26H21N5O. The van der Waals surface area contributed by atoms with Crippen molar-refractivity contribution in [2.75, 3.05) is 0 Å². The number of aromatic nitrogens is 4. The van der Waals surface area contributed by atoms with E-state index < -0.39 is 0 Å². The Morgan fingerprint density at radius 2 is 1.72 bits per heavy atom. The highest BCUT2D eigenvalue weighted by Crippen LogP contribution is 2.21. The van der Waals surface area contributed by atoms with Crippen LogP contribution >= 0.6 is 0 Å². The first-order valence-corrected chi connectivity index (χ1v) is 10.3. The Kier molecular flexibility index (Phi) is 4.95. The number of fused-ring (bicyclic) bond motifs is 1. The Morgan fingerprint density at radius 3 is 2.50 bits per heavy atom. The second-order valence-corrected chi connectivity index (χ2v) is 7.55. The normalized spacial score (nSPS) is 11.4. The Hall–Kier alpha value is -4.32. The third kappa shape index (κ3) is 3.41. The molecule has 0 amide bonds. The highest BCUT2D eigenvalue weighted by molar-refractivity contribution is 5.83. The number of pyridine rings is 1. The van der Waals surface area contributed by atoms with Crippen molar-refractivity contribution in [3.05, 3.63) is 112 Å². The van der Waals surface area contributed by atoms with E-state index in [1.165, 1.54) is 4.68 Å². The van der Waals surface area contributed by atoms with Crippen LogP contribution in [0.2, 0.25) is 0 Å². The highest BCUT2D eigenvalue weighted by Gasteiger charge is 2.13. The lowest BCUT2D eigenvalue weighted by Gasteiger charge is -2.10. The summed E-state index contributed by atoms with van der Waals surface area (Å²) in [4.78, 5) is 22.3. The molecule has 5 aromatic rings. The fraction of sp³-hybridized carbons (Fsp3) is 0.0769. The van der Waals surface area contributed by atoms with E-state index in [0.29, 0.717) is 16.7 Å². The lowest BCUT2D eigenvalue weighted by atomic mass is 10.2. The second kappa shape index (κ2) is 8.07. The SMILES string of the molecule is Cc1cc(C=Nn2c(-c3ccccc3)nc3ccccc3c2=O)c(C)n1-c1cccnc1. The van der Waals surface area contributed by atoms with Crippen molar-refractivity contribution in [3.8, 4) is 17.1 Å². The second-order valence-electron chi connectivity index (χ2n) is 7.55. The van der Waals surface area contributed by atoms with E-state index in [1.54, 1.807) is 18.5 Å². The van der Waals surface area contributed by atoms with Crippen molar-refractivity contribution in [1.29, 1.82) is 0 Å². The molecule has 32 heavy (non-hydrogen) atoms. The van der Waals surface area contributed by atoms with Crippen LogP contribution in [0.1, 0.15) is 17.0 Å². The van der Waals surface area contributed by atoms with Gasteiger partial charge in [0.05, 0.1) is 29.0 Å². The molecule has 6 heteroatoms. The Balaban J connectivity index is 1.67. The molecule has 0 radical (unpaired) electrons. The number of para-hydroxylation sites is 1. The maximum atomic E-state index is 13.3. The molecule has 0 aliphatic heterocycles. The summed E-state index contributed by atoms with van der Waals surface area (Å²) < 4.78 is 3.50. The molecule has 0 saturated heterocycles. The van der Waals surface area contributed by atoms with Gasteiger partial charge >= 0.3 is 0 Å². The van der Waals surface area contributed by atoms with Crippen molar-refractivity contribution in [1.82, 2.24) is 19.2 Å². The molecule has 0 unspecified atom stereocenters. The van der Waals surface area contributed by atoms with Crippen molar-refractivity contribution >= 4 is 17.1 Å². The van der Waals surface area contributed by atoms with Crippen LogP contribution in [0.5, 0.6) is 0 Å². The number of rotatable bonds is 4. The molecule has 0 N–H and O–H groups in total. The van der Waals surface area contributed by atoms with Crippen LogP contribution in [0.4, 0.5) is 0 Å².